The van der Waals surface area contributed by atoms with Gasteiger partial charge in [-0.1, -0.05) is 29.8 Å². The Morgan fingerprint density at radius 3 is 2.79 bits per heavy atom. The molecule has 13 heteroatoms. The number of methoxy groups -OCH3 is 1. The van der Waals surface area contributed by atoms with Crippen LogP contribution in [0.25, 0.3) is 22.5 Å². The lowest BCUT2D eigenvalue weighted by Crippen LogP contribution is -2.35. The lowest BCUT2D eigenvalue weighted by Gasteiger charge is -2.25. The van der Waals surface area contributed by atoms with E-state index in [4.69, 9.17) is 21.3 Å². The lowest BCUT2D eigenvalue weighted by molar-refractivity contribution is -0.119. The van der Waals surface area contributed by atoms with Gasteiger partial charge in [0.15, 0.2) is 5.82 Å². The highest BCUT2D eigenvalue weighted by Gasteiger charge is 2.26. The molecule has 2 aliphatic rings. The third-order valence-electron chi connectivity index (χ3n) is 8.88. The molecule has 2 amide bonds. The highest BCUT2D eigenvalue weighted by Crippen LogP contribution is 2.38. The van der Waals surface area contributed by atoms with Crippen LogP contribution >= 0.6 is 11.6 Å². The van der Waals surface area contributed by atoms with Crippen molar-refractivity contribution in [3.8, 4) is 28.4 Å². The minimum atomic E-state index is -0.303. The van der Waals surface area contributed by atoms with Gasteiger partial charge in [-0.25, -0.2) is 9.97 Å². The first-order valence-electron chi connectivity index (χ1n) is 15.7. The molecule has 0 radical (unpaired) electrons. The number of fused-ring (bicyclic) bond motifs is 1. The third kappa shape index (κ3) is 6.86. The smallest absolute Gasteiger partial charge is 0.291 e. The number of aliphatic hydroxyl groups is 1. The van der Waals surface area contributed by atoms with Crippen LogP contribution in [0.5, 0.6) is 5.88 Å². The fourth-order valence-corrected chi connectivity index (χ4v) is 6.61. The van der Waals surface area contributed by atoms with Crippen LogP contribution in [0.4, 0.5) is 5.69 Å². The number of nitrogens with zero attached hydrogens (tertiary/aromatic N) is 5. The second-order valence-electron chi connectivity index (χ2n) is 11.9. The molecule has 0 aliphatic carbocycles. The van der Waals surface area contributed by atoms with Gasteiger partial charge >= 0.3 is 0 Å². The molecule has 0 bridgehead atoms. The number of hydrogen-bond donors (Lipinski definition) is 4. The summed E-state index contributed by atoms with van der Waals surface area (Å²) in [5.41, 5.74) is 6.92. The van der Waals surface area contributed by atoms with Crippen LogP contribution in [-0.4, -0.2) is 80.7 Å². The Bertz CT molecular complexity index is 1810. The fourth-order valence-electron chi connectivity index (χ4n) is 6.29. The van der Waals surface area contributed by atoms with E-state index in [1.165, 1.54) is 0 Å². The Morgan fingerprint density at radius 1 is 1.17 bits per heavy atom. The van der Waals surface area contributed by atoms with Gasteiger partial charge in [0.05, 0.1) is 35.8 Å². The van der Waals surface area contributed by atoms with Gasteiger partial charge in [0.1, 0.15) is 0 Å². The van der Waals surface area contributed by atoms with E-state index in [9.17, 15) is 14.7 Å². The maximum absolute atomic E-state index is 13.5. The summed E-state index contributed by atoms with van der Waals surface area (Å²) in [6.45, 7) is 5.22. The summed E-state index contributed by atoms with van der Waals surface area (Å²) >= 11 is 7.01. The maximum Gasteiger partial charge on any atom is 0.291 e. The van der Waals surface area contributed by atoms with Crippen molar-refractivity contribution >= 4 is 29.1 Å². The number of imidazole rings is 1. The topological polar surface area (TPSA) is 147 Å². The Hall–Kier alpha value is -4.36. The number of halogens is 1. The molecule has 0 spiro atoms. The Balaban J connectivity index is 1.20. The molecule has 0 saturated carbocycles. The monoisotopic (exact) mass is 658 g/mol. The molecule has 0 unspecified atom stereocenters. The quantitative estimate of drug-likeness (QED) is 0.190. The van der Waals surface area contributed by atoms with Crippen molar-refractivity contribution in [3.63, 3.8) is 0 Å². The van der Waals surface area contributed by atoms with Crippen LogP contribution in [0.1, 0.15) is 46.0 Å². The van der Waals surface area contributed by atoms with Crippen molar-refractivity contribution in [2.24, 2.45) is 7.05 Å². The Labute approximate surface area is 278 Å². The van der Waals surface area contributed by atoms with Gasteiger partial charge in [-0.05, 0) is 37.1 Å². The fraction of sp³-hybridized carbons (Fsp3) is 0.382. The summed E-state index contributed by atoms with van der Waals surface area (Å²) < 4.78 is 7.48. The molecule has 246 valence electrons. The predicted molar refractivity (Wildman–Crippen MR) is 179 cm³/mol. The van der Waals surface area contributed by atoms with E-state index in [2.05, 4.69) is 30.8 Å². The number of anilines is 1. The van der Waals surface area contributed by atoms with Gasteiger partial charge in [0.25, 0.3) is 5.91 Å². The molecular formula is C34H39ClN8O4. The molecule has 1 aromatic carbocycles. The zero-order chi connectivity index (χ0) is 33.1. The van der Waals surface area contributed by atoms with Gasteiger partial charge in [0, 0.05) is 92.9 Å². The minimum absolute atomic E-state index is 0.0890. The molecule has 4 N–H and O–H groups in total. The van der Waals surface area contributed by atoms with Crippen LogP contribution in [0.15, 0.2) is 42.6 Å². The third-order valence-corrected chi connectivity index (χ3v) is 9.26. The molecule has 12 nitrogen and oxygen atoms in total. The molecular weight excluding hydrogens is 620 g/mol. The summed E-state index contributed by atoms with van der Waals surface area (Å²) in [7, 11) is 3.45. The highest BCUT2D eigenvalue weighted by atomic mass is 35.5. The van der Waals surface area contributed by atoms with Crippen LogP contribution in [0.3, 0.4) is 0 Å². The van der Waals surface area contributed by atoms with Crippen molar-refractivity contribution < 1.29 is 19.4 Å². The number of aliphatic hydroxyl groups excluding tert-OH is 1. The molecule has 1 fully saturated rings. The van der Waals surface area contributed by atoms with E-state index in [1.807, 2.05) is 54.9 Å². The van der Waals surface area contributed by atoms with Crippen molar-refractivity contribution in [2.75, 3.05) is 38.7 Å². The number of benzene rings is 1. The molecule has 6 rings (SSSR count). The first kappa shape index (κ1) is 32.6. The largest absolute Gasteiger partial charge is 0.481 e. The minimum Gasteiger partial charge on any atom is -0.481 e. The van der Waals surface area contributed by atoms with Crippen LogP contribution in [-0.2, 0) is 31.4 Å². The molecule has 1 atom stereocenters. The second-order valence-corrected chi connectivity index (χ2v) is 12.3. The number of carbonyl (C=O) groups excluding carboxylic acids is 2. The van der Waals surface area contributed by atoms with Gasteiger partial charge in [0.2, 0.25) is 11.8 Å². The van der Waals surface area contributed by atoms with Crippen LogP contribution < -0.4 is 20.7 Å². The van der Waals surface area contributed by atoms with E-state index >= 15 is 0 Å². The summed E-state index contributed by atoms with van der Waals surface area (Å²) in [5, 5.41) is 19.1. The number of carbonyl (C=O) groups is 2. The van der Waals surface area contributed by atoms with Crippen LogP contribution in [0.2, 0.25) is 5.02 Å². The molecule has 5 heterocycles. The predicted octanol–water partition coefficient (Wildman–Crippen LogP) is 3.49. The van der Waals surface area contributed by atoms with Crippen molar-refractivity contribution in [1.29, 1.82) is 0 Å². The van der Waals surface area contributed by atoms with Crippen molar-refractivity contribution in [1.82, 2.24) is 35.1 Å². The number of rotatable bonds is 11. The van der Waals surface area contributed by atoms with Crippen LogP contribution in [0, 0.1) is 6.92 Å². The lowest BCUT2D eigenvalue weighted by atomic mass is 10.0. The molecule has 3 aromatic heterocycles. The number of amides is 2. The first-order valence-corrected chi connectivity index (χ1v) is 16.1. The van der Waals surface area contributed by atoms with Gasteiger partial charge in [-0.3, -0.25) is 19.5 Å². The van der Waals surface area contributed by atoms with E-state index in [-0.39, 0.29) is 24.5 Å². The molecule has 2 aliphatic heterocycles. The molecule has 4 aromatic rings. The van der Waals surface area contributed by atoms with Gasteiger partial charge in [-0.2, -0.15) is 0 Å². The Morgan fingerprint density at radius 2 is 2.02 bits per heavy atom. The van der Waals surface area contributed by atoms with E-state index in [1.54, 1.807) is 13.3 Å². The first-order chi connectivity index (χ1) is 22.8. The number of β-amino-alcohol motifs (C(OH)–C–C–N with tert-alkyl or cyclic N) is 1. The normalized spacial score (nSPS) is 16.2. The van der Waals surface area contributed by atoms with Gasteiger partial charge < -0.3 is 30.4 Å². The van der Waals surface area contributed by atoms with E-state index in [0.29, 0.717) is 72.0 Å². The summed E-state index contributed by atoms with van der Waals surface area (Å²) in [6.07, 6.45) is 3.86. The molecule has 47 heavy (non-hydrogen) atoms. The number of nitrogens with one attached hydrogen (secondary N) is 3. The maximum atomic E-state index is 13.5. The summed E-state index contributed by atoms with van der Waals surface area (Å²) in [4.78, 5) is 41.1. The summed E-state index contributed by atoms with van der Waals surface area (Å²) in [6, 6.07) is 11.4. The average Bonchev–Trinajstić information content (AvgIpc) is 3.64. The van der Waals surface area contributed by atoms with Crippen molar-refractivity contribution in [2.45, 2.75) is 45.3 Å². The Kier molecular flexibility index (Phi) is 9.83. The second kappa shape index (κ2) is 14.2. The zero-order valence-electron chi connectivity index (χ0n) is 26.8. The number of hydrogen-bond acceptors (Lipinski definition) is 9. The standard InChI is InChI=1S/C34H39ClN8O4/c1-20-23(5-4-6-25(20)40-33(46)32-39-27-19-43(15-16-44)14-12-28(27)42(32)2)31-30(35)24(11-13-37-31)26-9-7-21(34(41-26)47-3)17-36-18-22-8-10-29(45)38-22/h4-7,9,11,13,22,36,44H,8,10,12,14-19H2,1-3H3,(H,38,45)(H,40,46)/t22-/m0/s1. The average molecular weight is 659 g/mol. The van der Waals surface area contributed by atoms with E-state index in [0.717, 1.165) is 47.5 Å². The summed E-state index contributed by atoms with van der Waals surface area (Å²) in [5.74, 6) is 0.615. The van der Waals surface area contributed by atoms with Gasteiger partial charge in [-0.15, -0.1) is 0 Å². The van der Waals surface area contributed by atoms with Crippen molar-refractivity contribution in [3.05, 3.63) is 76.0 Å². The molecule has 1 saturated heterocycles. The zero-order valence-corrected chi connectivity index (χ0v) is 27.5. The SMILES string of the molecule is COc1nc(-c2ccnc(-c3cccc(NC(=O)c4nc5c(n4C)CCN(CCO)C5)c3C)c2Cl)ccc1CNC[C@@H]1CCC(=O)N1. The number of ether oxygens (including phenoxy) is 1. The number of aromatic nitrogens is 4. The number of pyridine rings is 2. The highest BCUT2D eigenvalue weighted by molar-refractivity contribution is 6.35. The van der Waals surface area contributed by atoms with E-state index < -0.39 is 0 Å².